The molecule has 188 valence electrons. The van der Waals surface area contributed by atoms with Crippen molar-refractivity contribution in [3.63, 3.8) is 0 Å². The van der Waals surface area contributed by atoms with Gasteiger partial charge < -0.3 is 4.74 Å². The fourth-order valence-electron chi connectivity index (χ4n) is 4.20. The van der Waals surface area contributed by atoms with Crippen molar-refractivity contribution in [2.45, 2.75) is 52.7 Å². The first-order valence-corrected chi connectivity index (χ1v) is 11.6. The zero-order valence-corrected chi connectivity index (χ0v) is 19.7. The highest BCUT2D eigenvalue weighted by atomic mass is 19.3. The average Bonchev–Trinajstić information content (AvgIpc) is 3.50. The van der Waals surface area contributed by atoms with E-state index in [1.807, 2.05) is 11.6 Å². The van der Waals surface area contributed by atoms with Gasteiger partial charge in [-0.25, -0.2) is 23.4 Å². The van der Waals surface area contributed by atoms with Gasteiger partial charge in [0.15, 0.2) is 5.82 Å². The third kappa shape index (κ3) is 5.09. The van der Waals surface area contributed by atoms with E-state index in [4.69, 9.17) is 5.10 Å². The van der Waals surface area contributed by atoms with Crippen LogP contribution in [0.15, 0.2) is 42.7 Å². The van der Waals surface area contributed by atoms with Gasteiger partial charge in [-0.1, -0.05) is 0 Å². The van der Waals surface area contributed by atoms with Crippen LogP contribution in [0.1, 0.15) is 47.6 Å². The normalized spacial score (nSPS) is 13.7. The maximum absolute atomic E-state index is 13.5. The summed E-state index contributed by atoms with van der Waals surface area (Å²) >= 11 is 0. The Morgan fingerprint density at radius 3 is 2.42 bits per heavy atom. The molecule has 4 aromatic rings. The van der Waals surface area contributed by atoms with Crippen LogP contribution in [0.4, 0.5) is 17.6 Å². The number of hydrogen-bond donors (Lipinski definition) is 0. The first-order valence-electron chi connectivity index (χ1n) is 11.6. The van der Waals surface area contributed by atoms with Crippen LogP contribution in [0, 0.1) is 19.8 Å². The van der Waals surface area contributed by atoms with Crippen LogP contribution in [-0.2, 0) is 13.0 Å². The lowest BCUT2D eigenvalue weighted by molar-refractivity contribution is -0.0498. The summed E-state index contributed by atoms with van der Waals surface area (Å²) in [5.41, 5.74) is 4.28. The maximum atomic E-state index is 13.5. The van der Waals surface area contributed by atoms with Crippen molar-refractivity contribution in [1.29, 1.82) is 0 Å². The molecule has 1 aliphatic carbocycles. The Labute approximate surface area is 204 Å². The van der Waals surface area contributed by atoms with Gasteiger partial charge in [-0.15, -0.1) is 0 Å². The van der Waals surface area contributed by atoms with Gasteiger partial charge in [0.05, 0.1) is 17.1 Å². The highest BCUT2D eigenvalue weighted by molar-refractivity contribution is 5.65. The van der Waals surface area contributed by atoms with Gasteiger partial charge in [-0.2, -0.15) is 19.0 Å². The van der Waals surface area contributed by atoms with Gasteiger partial charge in [0.2, 0.25) is 0 Å². The molecule has 3 aromatic heterocycles. The smallest absolute Gasteiger partial charge is 0.387 e. The topological polar surface area (TPSA) is 70.7 Å². The van der Waals surface area contributed by atoms with Crippen LogP contribution < -0.4 is 4.74 Å². The number of alkyl halides is 4. The summed E-state index contributed by atoms with van der Waals surface area (Å²) in [7, 11) is 0. The van der Waals surface area contributed by atoms with Gasteiger partial charge in [-0.3, -0.25) is 4.68 Å². The second-order valence-corrected chi connectivity index (χ2v) is 8.92. The SMILES string of the molecule is Cc1cc(C(F)F)n(-c2cc(Cc3c(C)c(-c4ccc(OC(F)F)cc4)nn3CC3CC3)ncn2)n1. The Morgan fingerprint density at radius 1 is 1.00 bits per heavy atom. The predicted molar refractivity (Wildman–Crippen MR) is 123 cm³/mol. The van der Waals surface area contributed by atoms with Crippen molar-refractivity contribution >= 4 is 0 Å². The third-order valence-corrected chi connectivity index (χ3v) is 6.16. The molecule has 1 aromatic carbocycles. The molecule has 0 saturated heterocycles. The number of aromatic nitrogens is 6. The zero-order valence-electron chi connectivity index (χ0n) is 19.7. The molecule has 0 atom stereocenters. The van der Waals surface area contributed by atoms with Crippen molar-refractivity contribution in [1.82, 2.24) is 29.5 Å². The monoisotopic (exact) mass is 500 g/mol. The predicted octanol–water partition coefficient (Wildman–Crippen LogP) is 5.68. The summed E-state index contributed by atoms with van der Waals surface area (Å²) in [4.78, 5) is 8.53. The lowest BCUT2D eigenvalue weighted by Crippen LogP contribution is -2.10. The molecule has 0 aliphatic heterocycles. The summed E-state index contributed by atoms with van der Waals surface area (Å²) < 4.78 is 59.6. The van der Waals surface area contributed by atoms with Crippen LogP contribution in [0.5, 0.6) is 5.75 Å². The Balaban J connectivity index is 1.47. The summed E-state index contributed by atoms with van der Waals surface area (Å²) in [6, 6.07) is 9.38. The van der Waals surface area contributed by atoms with E-state index in [9.17, 15) is 17.6 Å². The number of rotatable bonds is 9. The first-order chi connectivity index (χ1) is 17.3. The summed E-state index contributed by atoms with van der Waals surface area (Å²) in [5.74, 6) is 0.901. The molecule has 3 heterocycles. The Bertz CT molecular complexity index is 1360. The molecule has 1 saturated carbocycles. The summed E-state index contributed by atoms with van der Waals surface area (Å²) in [6.07, 6.45) is 1.35. The van der Waals surface area contributed by atoms with E-state index in [1.54, 1.807) is 25.1 Å². The van der Waals surface area contributed by atoms with E-state index in [-0.39, 0.29) is 17.3 Å². The largest absolute Gasteiger partial charge is 0.435 e. The number of benzene rings is 1. The van der Waals surface area contributed by atoms with Crippen LogP contribution in [0.3, 0.4) is 0 Å². The Morgan fingerprint density at radius 2 is 1.75 bits per heavy atom. The molecule has 36 heavy (non-hydrogen) atoms. The summed E-state index contributed by atoms with van der Waals surface area (Å²) in [5, 5.41) is 9.01. The highest BCUT2D eigenvalue weighted by Crippen LogP contribution is 2.34. The van der Waals surface area contributed by atoms with Crippen LogP contribution >= 0.6 is 0 Å². The molecule has 0 radical (unpaired) electrons. The highest BCUT2D eigenvalue weighted by Gasteiger charge is 2.26. The molecule has 0 unspecified atom stereocenters. The van der Waals surface area contributed by atoms with Crippen LogP contribution in [0.25, 0.3) is 17.1 Å². The molecule has 1 aliphatic rings. The van der Waals surface area contributed by atoms with E-state index in [2.05, 4.69) is 19.8 Å². The first kappa shape index (κ1) is 24.0. The van der Waals surface area contributed by atoms with E-state index in [1.165, 1.54) is 24.5 Å². The fraction of sp³-hybridized carbons (Fsp3) is 0.360. The van der Waals surface area contributed by atoms with Crippen molar-refractivity contribution in [2.24, 2.45) is 5.92 Å². The van der Waals surface area contributed by atoms with E-state index < -0.39 is 13.0 Å². The van der Waals surface area contributed by atoms with E-state index in [0.29, 0.717) is 23.7 Å². The third-order valence-electron chi connectivity index (χ3n) is 6.16. The summed E-state index contributed by atoms with van der Waals surface area (Å²) in [6.45, 7) is 1.48. The second kappa shape index (κ2) is 9.71. The minimum Gasteiger partial charge on any atom is -0.435 e. The van der Waals surface area contributed by atoms with Crippen molar-refractivity contribution in [3.05, 3.63) is 71.1 Å². The van der Waals surface area contributed by atoms with Gasteiger partial charge in [0.1, 0.15) is 17.8 Å². The van der Waals surface area contributed by atoms with Gasteiger partial charge in [0, 0.05) is 30.3 Å². The molecule has 0 bridgehead atoms. The zero-order chi connectivity index (χ0) is 25.4. The number of halogens is 4. The maximum Gasteiger partial charge on any atom is 0.387 e. The van der Waals surface area contributed by atoms with Crippen LogP contribution in [0.2, 0.25) is 0 Å². The van der Waals surface area contributed by atoms with Crippen molar-refractivity contribution in [2.75, 3.05) is 0 Å². The minimum absolute atomic E-state index is 0.0783. The molecular formula is C25H24F4N6O. The lowest BCUT2D eigenvalue weighted by Gasteiger charge is -2.10. The number of nitrogens with zero attached hydrogens (tertiary/aromatic N) is 6. The molecule has 0 amide bonds. The number of hydrogen-bond acceptors (Lipinski definition) is 5. The van der Waals surface area contributed by atoms with Crippen molar-refractivity contribution < 1.29 is 22.3 Å². The molecule has 11 heteroatoms. The molecule has 0 spiro atoms. The minimum atomic E-state index is -2.89. The fourth-order valence-corrected chi connectivity index (χ4v) is 4.20. The van der Waals surface area contributed by atoms with Gasteiger partial charge in [0.25, 0.3) is 6.43 Å². The Kier molecular flexibility index (Phi) is 6.46. The second-order valence-electron chi connectivity index (χ2n) is 8.92. The Hall–Kier alpha value is -3.76. The lowest BCUT2D eigenvalue weighted by atomic mass is 10.0. The van der Waals surface area contributed by atoms with E-state index >= 15 is 0 Å². The standard InChI is InChI=1S/C25H24F4N6O/c1-14-9-21(24(26)27)35(32-14)22-11-18(30-13-31-22)10-20-15(2)23(33-34(20)12-16-3-4-16)17-5-7-19(8-6-17)36-25(28)29/h5-9,11,13,16,24-25H,3-4,10,12H2,1-2H3. The molecule has 5 rings (SSSR count). The molecule has 1 fully saturated rings. The average molecular weight is 501 g/mol. The van der Waals surface area contributed by atoms with Gasteiger partial charge in [-0.05, 0) is 68.5 Å². The van der Waals surface area contributed by atoms with E-state index in [0.717, 1.165) is 46.6 Å². The molecule has 0 N–H and O–H groups in total. The van der Waals surface area contributed by atoms with Crippen LogP contribution in [-0.4, -0.2) is 36.1 Å². The molecule has 7 nitrogen and oxygen atoms in total. The van der Waals surface area contributed by atoms with Gasteiger partial charge >= 0.3 is 6.61 Å². The van der Waals surface area contributed by atoms with Crippen molar-refractivity contribution in [3.8, 4) is 22.8 Å². The number of ether oxygens (including phenoxy) is 1. The number of aryl methyl sites for hydroxylation is 1. The molecular weight excluding hydrogens is 476 g/mol. The quantitative estimate of drug-likeness (QED) is 0.277.